The van der Waals surface area contributed by atoms with E-state index in [1.807, 2.05) is 21.0 Å². The molecule has 4 heteroatoms. The van der Waals surface area contributed by atoms with Crippen LogP contribution in [0.3, 0.4) is 0 Å². The molecule has 0 heterocycles. The lowest BCUT2D eigenvalue weighted by atomic mass is 10.1. The molecule has 0 aliphatic heterocycles. The number of ketones is 1. The van der Waals surface area contributed by atoms with Crippen LogP contribution in [0.25, 0.3) is 0 Å². The molecule has 0 N–H and O–H groups in total. The summed E-state index contributed by atoms with van der Waals surface area (Å²) in [5, 5.41) is 10.1. The van der Waals surface area contributed by atoms with Gasteiger partial charge < -0.3 is 14.4 Å². The number of carbonyl (C=O) groups excluding carboxylic acids is 2. The number of quaternary nitrogens is 1. The van der Waals surface area contributed by atoms with Crippen molar-refractivity contribution < 1.29 is 19.2 Å². The maximum absolute atomic E-state index is 11.2. The summed E-state index contributed by atoms with van der Waals surface area (Å²) in [6.45, 7) is 14.3. The number of aliphatic carboxylic acids is 1. The summed E-state index contributed by atoms with van der Waals surface area (Å²) in [6.07, 6.45) is 0.778. The molecule has 0 aliphatic rings. The van der Waals surface area contributed by atoms with Gasteiger partial charge in [0, 0.05) is 0 Å². The maximum Gasteiger partial charge on any atom is 0.212 e. The molecule has 0 amide bonds. The number of allylic oxidation sites excluding steroid dienone is 1. The van der Waals surface area contributed by atoms with Crippen LogP contribution in [0, 0.1) is 0 Å². The molecule has 0 fully saturated rings. The Morgan fingerprint density at radius 3 is 1.75 bits per heavy atom. The lowest BCUT2D eigenvalue weighted by Gasteiger charge is -2.27. The minimum Gasteiger partial charge on any atom is -0.545 e. The van der Waals surface area contributed by atoms with Crippen molar-refractivity contribution in [3.8, 4) is 0 Å². The number of carboxylic acid groups (broad SMARTS) is 1. The van der Waals surface area contributed by atoms with Crippen molar-refractivity contribution in [2.45, 2.75) is 41.0 Å². The Labute approximate surface area is 123 Å². The summed E-state index contributed by atoms with van der Waals surface area (Å²) in [5.41, 5.74) is 1.90. The minimum absolute atomic E-state index is 0.164. The van der Waals surface area contributed by atoms with Gasteiger partial charge in [0.2, 0.25) is 5.78 Å². The molecule has 0 spiro atoms. The predicted molar refractivity (Wildman–Crippen MR) is 81.0 cm³/mol. The first-order valence-electron chi connectivity index (χ1n) is 6.86. The third-order valence-corrected chi connectivity index (χ3v) is 3.38. The van der Waals surface area contributed by atoms with Gasteiger partial charge in [0.05, 0.1) is 26.6 Å². The first-order valence-corrected chi connectivity index (χ1v) is 6.86. The molecular formula is C16H29NO3. The quantitative estimate of drug-likeness (QED) is 0.551. The lowest BCUT2D eigenvalue weighted by Crippen LogP contribution is -2.43. The van der Waals surface area contributed by atoms with Crippen LogP contribution in [0.2, 0.25) is 0 Å². The van der Waals surface area contributed by atoms with E-state index < -0.39 is 5.97 Å². The molecule has 0 rings (SSSR count). The molecule has 0 aliphatic carbocycles. The van der Waals surface area contributed by atoms with Crippen LogP contribution in [0.5, 0.6) is 0 Å². The first kappa shape index (κ1) is 20.9. The monoisotopic (exact) mass is 283 g/mol. The Morgan fingerprint density at radius 1 is 1.10 bits per heavy atom. The van der Waals surface area contributed by atoms with Crippen LogP contribution in [0.4, 0.5) is 0 Å². The van der Waals surface area contributed by atoms with Gasteiger partial charge in [-0.25, -0.2) is 0 Å². The summed E-state index contributed by atoms with van der Waals surface area (Å²) in [6, 6.07) is 0. The summed E-state index contributed by atoms with van der Waals surface area (Å²) in [4.78, 5) is 21.3. The largest absolute Gasteiger partial charge is 0.545 e. The molecule has 0 aromatic carbocycles. The average Bonchev–Trinajstić information content (AvgIpc) is 2.36. The number of carboxylic acids is 1. The van der Waals surface area contributed by atoms with Gasteiger partial charge in [-0.1, -0.05) is 19.1 Å². The fraction of sp³-hybridized carbons (Fsp3) is 0.625. The Hall–Kier alpha value is -1.42. The molecular weight excluding hydrogens is 254 g/mol. The van der Waals surface area contributed by atoms with Crippen LogP contribution >= 0.6 is 0 Å². The van der Waals surface area contributed by atoms with E-state index in [2.05, 4.69) is 13.5 Å². The molecule has 0 aromatic heterocycles. The van der Waals surface area contributed by atoms with Crippen LogP contribution in [0.15, 0.2) is 23.3 Å². The summed E-state index contributed by atoms with van der Waals surface area (Å²) >= 11 is 0. The van der Waals surface area contributed by atoms with Crippen molar-refractivity contribution in [2.75, 3.05) is 27.2 Å². The fourth-order valence-electron chi connectivity index (χ4n) is 1.07. The fourth-order valence-corrected chi connectivity index (χ4v) is 1.07. The van der Waals surface area contributed by atoms with E-state index >= 15 is 0 Å². The molecule has 4 nitrogen and oxygen atoms in total. The van der Waals surface area contributed by atoms with Gasteiger partial charge in [-0.3, -0.25) is 4.79 Å². The standard InChI is InChI=1S/C9H18NO.C7H12O2/c1-6-10(4,5)7-9(11)8(2)3;1-4-5(2)6(3)7(8)9/h2,6-7H2,1,3-5H3;4H2,1-3H3,(H,8,9)/q+1;/p-1. The summed E-state index contributed by atoms with van der Waals surface area (Å²) in [5.74, 6) is -0.897. The zero-order valence-electron chi connectivity index (χ0n) is 14.0. The molecule has 0 saturated carbocycles. The molecule has 0 bridgehead atoms. The Morgan fingerprint density at radius 2 is 1.55 bits per heavy atom. The van der Waals surface area contributed by atoms with Crippen molar-refractivity contribution in [1.29, 1.82) is 0 Å². The highest BCUT2D eigenvalue weighted by Crippen LogP contribution is 2.04. The van der Waals surface area contributed by atoms with E-state index in [1.54, 1.807) is 20.8 Å². The first-order chi connectivity index (χ1) is 8.98. The predicted octanol–water partition coefficient (Wildman–Crippen LogP) is 1.71. The van der Waals surface area contributed by atoms with E-state index in [1.165, 1.54) is 0 Å². The number of carbonyl (C=O) groups is 2. The van der Waals surface area contributed by atoms with Crippen molar-refractivity contribution in [2.24, 2.45) is 0 Å². The van der Waals surface area contributed by atoms with Crippen LogP contribution < -0.4 is 5.11 Å². The van der Waals surface area contributed by atoms with E-state index in [9.17, 15) is 14.7 Å². The molecule has 0 atom stereocenters. The molecule has 0 unspecified atom stereocenters. The third kappa shape index (κ3) is 9.50. The number of Topliss-reactive ketones (excluding diaryl/α,β-unsaturated/α-hetero) is 1. The molecule has 116 valence electrons. The van der Waals surface area contributed by atoms with E-state index in [0.717, 1.165) is 23.0 Å². The highest BCUT2D eigenvalue weighted by molar-refractivity contribution is 5.95. The van der Waals surface area contributed by atoms with Gasteiger partial charge >= 0.3 is 0 Å². The highest BCUT2D eigenvalue weighted by atomic mass is 16.4. The molecule has 0 radical (unpaired) electrons. The van der Waals surface area contributed by atoms with Crippen molar-refractivity contribution >= 4 is 11.8 Å². The second kappa shape index (κ2) is 9.48. The lowest BCUT2D eigenvalue weighted by molar-refractivity contribution is -0.880. The van der Waals surface area contributed by atoms with Gasteiger partial charge in [0.25, 0.3) is 0 Å². The Balaban J connectivity index is 0. The normalized spacial score (nSPS) is 11.9. The second-order valence-electron chi connectivity index (χ2n) is 5.66. The van der Waals surface area contributed by atoms with Gasteiger partial charge in [0.1, 0.15) is 6.54 Å². The topological polar surface area (TPSA) is 57.2 Å². The van der Waals surface area contributed by atoms with E-state index in [-0.39, 0.29) is 5.78 Å². The number of hydrogen-bond acceptors (Lipinski definition) is 3. The van der Waals surface area contributed by atoms with Crippen LogP contribution in [-0.4, -0.2) is 43.4 Å². The van der Waals surface area contributed by atoms with E-state index in [4.69, 9.17) is 0 Å². The number of likely N-dealkylation sites (N-methyl/N-ethyl adjacent to an activating group) is 1. The van der Waals surface area contributed by atoms with Crippen molar-refractivity contribution in [3.63, 3.8) is 0 Å². The summed E-state index contributed by atoms with van der Waals surface area (Å²) in [7, 11) is 4.08. The van der Waals surface area contributed by atoms with Gasteiger partial charge in [-0.2, -0.15) is 0 Å². The maximum atomic E-state index is 11.2. The zero-order chi connectivity index (χ0) is 16.5. The van der Waals surface area contributed by atoms with E-state index in [0.29, 0.717) is 17.7 Å². The molecule has 0 aromatic rings. The highest BCUT2D eigenvalue weighted by Gasteiger charge is 2.17. The van der Waals surface area contributed by atoms with Gasteiger partial charge in [0.15, 0.2) is 0 Å². The molecule has 20 heavy (non-hydrogen) atoms. The smallest absolute Gasteiger partial charge is 0.212 e. The van der Waals surface area contributed by atoms with Crippen molar-refractivity contribution in [3.05, 3.63) is 23.3 Å². The third-order valence-electron chi connectivity index (χ3n) is 3.38. The zero-order valence-corrected chi connectivity index (χ0v) is 14.0. The van der Waals surface area contributed by atoms with Gasteiger partial charge in [-0.15, -0.1) is 0 Å². The van der Waals surface area contributed by atoms with Gasteiger partial charge in [-0.05, 0) is 45.3 Å². The summed E-state index contributed by atoms with van der Waals surface area (Å²) < 4.78 is 0.742. The van der Waals surface area contributed by atoms with Crippen LogP contribution in [-0.2, 0) is 9.59 Å². The Kier molecular flexibility index (Phi) is 9.90. The second-order valence-corrected chi connectivity index (χ2v) is 5.66. The number of rotatable bonds is 6. The minimum atomic E-state index is -1.06. The van der Waals surface area contributed by atoms with Crippen molar-refractivity contribution in [1.82, 2.24) is 0 Å². The average molecular weight is 283 g/mol. The Bertz CT molecular complexity index is 393. The van der Waals surface area contributed by atoms with Crippen LogP contribution in [0.1, 0.15) is 41.0 Å². The SMILES string of the molecule is C=C(C)C(=O)C[N+](C)(C)CC.CCC(C)=C(C)C(=O)[O-]. The number of nitrogens with zero attached hydrogens (tertiary/aromatic N) is 1. The molecule has 0 saturated heterocycles. The number of hydrogen-bond donors (Lipinski definition) is 0.